The molecule has 0 radical (unpaired) electrons. The fourth-order valence-electron chi connectivity index (χ4n) is 2.33. The number of morpholine rings is 1. The lowest BCUT2D eigenvalue weighted by atomic mass is 10.3. The molecule has 0 aromatic carbocycles. The van der Waals surface area contributed by atoms with E-state index in [1.54, 1.807) is 12.1 Å². The van der Waals surface area contributed by atoms with Crippen molar-refractivity contribution in [3.05, 3.63) is 21.2 Å². The fraction of sp³-hybridized carbons (Fsp3) is 0.357. The van der Waals surface area contributed by atoms with E-state index < -0.39 is 18.4 Å². The Kier molecular flexibility index (Phi) is 5.28. The number of hydrogen-bond donors (Lipinski definition) is 1. The first-order valence-electron chi connectivity index (χ1n) is 7.05. The maximum atomic E-state index is 12.3. The molecule has 0 aliphatic carbocycles. The van der Waals surface area contributed by atoms with Gasteiger partial charge in [0.25, 0.3) is 5.91 Å². The van der Waals surface area contributed by atoms with Crippen LogP contribution in [0.4, 0.5) is 5.88 Å². The lowest BCUT2D eigenvalue weighted by Crippen LogP contribution is -2.36. The van der Waals surface area contributed by atoms with Crippen molar-refractivity contribution < 1.29 is 23.8 Å². The largest absolute Gasteiger partial charge is 0.480 e. The number of amides is 1. The maximum Gasteiger partial charge on any atom is 0.323 e. The summed E-state index contributed by atoms with van der Waals surface area (Å²) in [5, 5.41) is 8.85. The molecule has 2 saturated heterocycles. The summed E-state index contributed by atoms with van der Waals surface area (Å²) in [5.41, 5.74) is 0. The summed E-state index contributed by atoms with van der Waals surface area (Å²) < 4.78 is 12.2. The second-order valence-electron chi connectivity index (χ2n) is 5.06. The zero-order valence-corrected chi connectivity index (χ0v) is 15.6. The highest BCUT2D eigenvalue weighted by Gasteiger charge is 2.33. The molecule has 7 nitrogen and oxygen atoms in total. The van der Waals surface area contributed by atoms with Gasteiger partial charge in [0, 0.05) is 25.2 Å². The Morgan fingerprint density at radius 3 is 2.83 bits per heavy atom. The van der Waals surface area contributed by atoms with Crippen molar-refractivity contribution in [2.24, 2.45) is 0 Å². The smallest absolute Gasteiger partial charge is 0.323 e. The topological polar surface area (TPSA) is 83.2 Å². The van der Waals surface area contributed by atoms with Crippen LogP contribution in [0.1, 0.15) is 5.76 Å². The van der Waals surface area contributed by atoms with Crippen LogP contribution in [0.3, 0.4) is 0 Å². The molecule has 1 aromatic rings. The van der Waals surface area contributed by atoms with Crippen LogP contribution in [-0.2, 0) is 14.3 Å². The molecule has 2 aliphatic heterocycles. The number of carbonyl (C=O) groups excluding carboxylic acids is 1. The first-order chi connectivity index (χ1) is 11.5. The molecule has 1 aromatic heterocycles. The summed E-state index contributed by atoms with van der Waals surface area (Å²) in [4.78, 5) is 26.5. The van der Waals surface area contributed by atoms with Gasteiger partial charge in [-0.15, -0.1) is 0 Å². The van der Waals surface area contributed by atoms with Gasteiger partial charge in [-0.05, 0) is 15.9 Å². The van der Waals surface area contributed by atoms with Crippen LogP contribution >= 0.6 is 39.9 Å². The first kappa shape index (κ1) is 17.5. The van der Waals surface area contributed by atoms with Crippen molar-refractivity contribution in [1.29, 1.82) is 0 Å². The van der Waals surface area contributed by atoms with E-state index >= 15 is 0 Å². The van der Waals surface area contributed by atoms with Gasteiger partial charge in [-0.3, -0.25) is 14.5 Å². The lowest BCUT2D eigenvalue weighted by molar-refractivity contribution is -0.140. The van der Waals surface area contributed by atoms with Gasteiger partial charge >= 0.3 is 5.97 Å². The number of carbonyl (C=O) groups is 2. The van der Waals surface area contributed by atoms with E-state index in [0.717, 1.165) is 34.2 Å². The van der Waals surface area contributed by atoms with Crippen molar-refractivity contribution >= 4 is 68.1 Å². The number of thioether (sulfide) groups is 1. The third kappa shape index (κ3) is 3.66. The second-order valence-corrected chi connectivity index (χ2v) is 7.59. The number of aliphatic carboxylic acids is 1. The van der Waals surface area contributed by atoms with Crippen LogP contribution < -0.4 is 4.90 Å². The van der Waals surface area contributed by atoms with Gasteiger partial charge in [0.05, 0.1) is 22.6 Å². The minimum Gasteiger partial charge on any atom is -0.480 e. The van der Waals surface area contributed by atoms with Crippen LogP contribution in [0.15, 0.2) is 19.9 Å². The van der Waals surface area contributed by atoms with Crippen LogP contribution in [0.25, 0.3) is 6.08 Å². The Hall–Kier alpha value is -1.36. The molecule has 0 atom stereocenters. The Balaban J connectivity index is 1.80. The lowest BCUT2D eigenvalue weighted by Gasteiger charge is -2.26. The zero-order valence-electron chi connectivity index (χ0n) is 12.4. The van der Waals surface area contributed by atoms with Crippen molar-refractivity contribution in [2.75, 3.05) is 37.7 Å². The summed E-state index contributed by atoms with van der Waals surface area (Å²) in [7, 11) is 0. The Labute approximate surface area is 155 Å². The number of thiocarbonyl (C=S) groups is 1. The van der Waals surface area contributed by atoms with Gasteiger partial charge in [0.1, 0.15) is 16.6 Å². The third-order valence-electron chi connectivity index (χ3n) is 3.43. The van der Waals surface area contributed by atoms with E-state index in [1.807, 2.05) is 0 Å². The number of ether oxygens (including phenoxy) is 1. The van der Waals surface area contributed by atoms with Crippen molar-refractivity contribution in [2.45, 2.75) is 0 Å². The van der Waals surface area contributed by atoms with E-state index in [4.69, 9.17) is 26.5 Å². The molecule has 2 aliphatic rings. The number of carboxylic acids is 1. The van der Waals surface area contributed by atoms with E-state index in [2.05, 4.69) is 20.8 Å². The molecule has 3 rings (SSSR count). The molecule has 0 spiro atoms. The van der Waals surface area contributed by atoms with Crippen LogP contribution in [0.5, 0.6) is 0 Å². The average molecular weight is 433 g/mol. The Morgan fingerprint density at radius 1 is 1.46 bits per heavy atom. The van der Waals surface area contributed by atoms with Crippen LogP contribution in [0.2, 0.25) is 0 Å². The maximum absolute atomic E-state index is 12.3. The predicted molar refractivity (Wildman–Crippen MR) is 97.0 cm³/mol. The highest BCUT2D eigenvalue weighted by atomic mass is 79.9. The number of hydrogen-bond acceptors (Lipinski definition) is 7. The molecular formula is C14H13BrN2O5S2. The van der Waals surface area contributed by atoms with E-state index in [1.165, 1.54) is 0 Å². The molecule has 24 heavy (non-hydrogen) atoms. The fourth-order valence-corrected chi connectivity index (χ4v) is 4.12. The molecule has 2 fully saturated rings. The minimum absolute atomic E-state index is 0.229. The van der Waals surface area contributed by atoms with Gasteiger partial charge in [0.15, 0.2) is 0 Å². The molecule has 1 N–H and O–H groups in total. The molecular weight excluding hydrogens is 420 g/mol. The Bertz CT molecular complexity index is 727. The zero-order chi connectivity index (χ0) is 17.3. The SMILES string of the molecule is O=C(O)CN1C(=O)/C(=C\c2cc(Br)c(N3CCOCC3)o2)SC1=S. The second kappa shape index (κ2) is 7.26. The molecule has 3 heterocycles. The van der Waals surface area contributed by atoms with Crippen molar-refractivity contribution in [3.8, 4) is 0 Å². The molecule has 1 amide bonds. The quantitative estimate of drug-likeness (QED) is 0.572. The first-order valence-corrected chi connectivity index (χ1v) is 9.06. The normalized spacial score (nSPS) is 20.3. The molecule has 0 unspecified atom stereocenters. The van der Waals surface area contributed by atoms with E-state index in [-0.39, 0.29) is 4.32 Å². The summed E-state index contributed by atoms with van der Waals surface area (Å²) in [6, 6.07) is 1.77. The minimum atomic E-state index is -1.11. The number of halogens is 1. The molecule has 128 valence electrons. The summed E-state index contributed by atoms with van der Waals surface area (Å²) in [6.07, 6.45) is 1.58. The number of rotatable bonds is 4. The van der Waals surface area contributed by atoms with Crippen molar-refractivity contribution in [3.63, 3.8) is 0 Å². The number of carboxylic acid groups (broad SMARTS) is 1. The molecule has 10 heteroatoms. The number of anilines is 1. The average Bonchev–Trinajstić information content (AvgIpc) is 3.03. The van der Waals surface area contributed by atoms with Crippen LogP contribution in [0, 0.1) is 0 Å². The highest BCUT2D eigenvalue weighted by molar-refractivity contribution is 9.10. The summed E-state index contributed by atoms with van der Waals surface area (Å²) in [5.74, 6) is -0.347. The predicted octanol–water partition coefficient (Wildman–Crippen LogP) is 2.16. The van der Waals surface area contributed by atoms with Crippen LogP contribution in [-0.4, -0.2) is 59.1 Å². The standard InChI is InChI=1S/C14H13BrN2O5S2/c15-9-5-8(22-13(9)16-1-3-21-4-2-16)6-10-12(20)17(7-11(18)19)14(23)24-10/h5-6H,1-4,7H2,(H,18,19)/b10-6+. The van der Waals surface area contributed by atoms with Crippen molar-refractivity contribution in [1.82, 2.24) is 4.90 Å². The molecule has 0 saturated carbocycles. The number of nitrogens with zero attached hydrogens (tertiary/aromatic N) is 2. The van der Waals surface area contributed by atoms with Gasteiger partial charge in [-0.25, -0.2) is 0 Å². The summed E-state index contributed by atoms with van der Waals surface area (Å²) in [6.45, 7) is 2.29. The van der Waals surface area contributed by atoms with Gasteiger partial charge in [0.2, 0.25) is 5.88 Å². The Morgan fingerprint density at radius 2 is 2.17 bits per heavy atom. The van der Waals surface area contributed by atoms with E-state index in [9.17, 15) is 9.59 Å². The third-order valence-corrected chi connectivity index (χ3v) is 5.37. The van der Waals surface area contributed by atoms with Gasteiger partial charge < -0.3 is 19.2 Å². The highest BCUT2D eigenvalue weighted by Crippen LogP contribution is 2.36. The van der Waals surface area contributed by atoms with E-state index in [0.29, 0.717) is 29.8 Å². The van der Waals surface area contributed by atoms with Gasteiger partial charge in [-0.2, -0.15) is 0 Å². The summed E-state index contributed by atoms with van der Waals surface area (Å²) >= 11 is 9.59. The number of furan rings is 1. The molecule has 0 bridgehead atoms. The monoisotopic (exact) mass is 432 g/mol. The van der Waals surface area contributed by atoms with Gasteiger partial charge in [-0.1, -0.05) is 24.0 Å².